The van der Waals surface area contributed by atoms with Crippen LogP contribution in [-0.4, -0.2) is 15.0 Å². The molecule has 112 valence electrons. The first-order chi connectivity index (χ1) is 9.36. The quantitative estimate of drug-likeness (QED) is 0.875. The fourth-order valence-corrected chi connectivity index (χ4v) is 3.88. The fourth-order valence-electron chi connectivity index (χ4n) is 2.63. The lowest BCUT2D eigenvalue weighted by molar-refractivity contribution is 0.336. The van der Waals surface area contributed by atoms with Crippen molar-refractivity contribution in [3.8, 4) is 0 Å². The molecule has 0 atom stereocenters. The number of rotatable bonds is 5. The summed E-state index contributed by atoms with van der Waals surface area (Å²) in [6, 6.07) is 3.72. The van der Waals surface area contributed by atoms with Crippen LogP contribution in [0.4, 0.5) is 4.39 Å². The van der Waals surface area contributed by atoms with Crippen LogP contribution in [0.15, 0.2) is 23.1 Å². The van der Waals surface area contributed by atoms with Gasteiger partial charge in [-0.25, -0.2) is 17.5 Å². The van der Waals surface area contributed by atoms with E-state index >= 15 is 0 Å². The van der Waals surface area contributed by atoms with Crippen molar-refractivity contribution >= 4 is 10.0 Å². The Morgan fingerprint density at radius 1 is 1.35 bits per heavy atom. The van der Waals surface area contributed by atoms with Gasteiger partial charge in [-0.05, 0) is 36.5 Å². The summed E-state index contributed by atoms with van der Waals surface area (Å²) in [6.45, 7) is 2.50. The van der Waals surface area contributed by atoms with E-state index in [0.717, 1.165) is 31.7 Å². The lowest BCUT2D eigenvalue weighted by Gasteiger charge is -2.23. The highest BCUT2D eigenvalue weighted by Gasteiger charge is 2.30. The van der Waals surface area contributed by atoms with Gasteiger partial charge in [0.15, 0.2) is 0 Å². The fraction of sp³-hybridized carbons (Fsp3) is 0.571. The third kappa shape index (κ3) is 3.37. The summed E-state index contributed by atoms with van der Waals surface area (Å²) in [6.07, 6.45) is 4.36. The molecule has 6 heteroatoms. The van der Waals surface area contributed by atoms with Crippen LogP contribution in [-0.2, 0) is 16.6 Å². The molecule has 0 radical (unpaired) electrons. The van der Waals surface area contributed by atoms with E-state index in [0.29, 0.717) is 6.54 Å². The zero-order valence-electron chi connectivity index (χ0n) is 11.7. The molecule has 4 nitrogen and oxygen atoms in total. The van der Waals surface area contributed by atoms with E-state index < -0.39 is 15.8 Å². The van der Waals surface area contributed by atoms with E-state index in [2.05, 4.69) is 11.6 Å². The molecular weight excluding hydrogens is 279 g/mol. The lowest BCUT2D eigenvalue weighted by Crippen LogP contribution is -2.34. The minimum absolute atomic E-state index is 0.0209. The Kier molecular flexibility index (Phi) is 4.46. The van der Waals surface area contributed by atoms with E-state index in [1.807, 2.05) is 0 Å². The van der Waals surface area contributed by atoms with Crippen molar-refractivity contribution in [2.45, 2.75) is 44.0 Å². The summed E-state index contributed by atoms with van der Waals surface area (Å²) in [5.41, 5.74) is 5.64. The molecule has 0 spiro atoms. The number of nitrogens with one attached hydrogen (secondary N) is 1. The van der Waals surface area contributed by atoms with E-state index in [-0.39, 0.29) is 22.4 Å². The smallest absolute Gasteiger partial charge is 0.240 e. The molecule has 0 amide bonds. The number of sulfonamides is 1. The minimum atomic E-state index is -3.61. The average Bonchev–Trinajstić information content (AvgIpc) is 2.85. The summed E-state index contributed by atoms with van der Waals surface area (Å²) in [5, 5.41) is 0. The van der Waals surface area contributed by atoms with E-state index in [4.69, 9.17) is 5.73 Å². The molecule has 20 heavy (non-hydrogen) atoms. The van der Waals surface area contributed by atoms with Gasteiger partial charge in [0.1, 0.15) is 5.82 Å². The molecule has 1 aromatic rings. The number of benzene rings is 1. The molecule has 1 aliphatic rings. The van der Waals surface area contributed by atoms with Crippen LogP contribution >= 0.6 is 0 Å². The molecule has 1 aromatic carbocycles. The van der Waals surface area contributed by atoms with Crippen molar-refractivity contribution in [1.82, 2.24) is 4.72 Å². The first-order valence-electron chi connectivity index (χ1n) is 6.84. The maximum atomic E-state index is 13.4. The molecule has 3 N–H and O–H groups in total. The maximum absolute atomic E-state index is 13.4. The van der Waals surface area contributed by atoms with Crippen molar-refractivity contribution in [3.05, 3.63) is 29.6 Å². The Balaban J connectivity index is 2.14. The third-order valence-corrected chi connectivity index (χ3v) is 5.45. The second kappa shape index (κ2) is 5.79. The van der Waals surface area contributed by atoms with Crippen LogP contribution in [0.2, 0.25) is 0 Å². The number of hydrogen-bond donors (Lipinski definition) is 2. The zero-order chi connectivity index (χ0) is 14.8. The third-order valence-electron chi connectivity index (χ3n) is 4.05. The normalized spacial score (nSPS) is 18.4. The standard InChI is InChI=1S/C14H21FN2O2S/c1-14(6-2-3-7-14)10-17-20(18,19)12-4-5-13(15)11(8-12)9-16/h4-5,8,17H,2-3,6-7,9-10,16H2,1H3. The summed E-state index contributed by atoms with van der Waals surface area (Å²) in [7, 11) is -3.61. The van der Waals surface area contributed by atoms with E-state index in [9.17, 15) is 12.8 Å². The van der Waals surface area contributed by atoms with Gasteiger partial charge in [0.05, 0.1) is 4.90 Å². The molecule has 0 heterocycles. The van der Waals surface area contributed by atoms with Gasteiger partial charge in [0.25, 0.3) is 0 Å². The minimum Gasteiger partial charge on any atom is -0.326 e. The predicted octanol–water partition coefficient (Wildman–Crippen LogP) is 2.14. The van der Waals surface area contributed by atoms with Gasteiger partial charge in [-0.3, -0.25) is 0 Å². The van der Waals surface area contributed by atoms with Crippen LogP contribution in [0.5, 0.6) is 0 Å². The molecule has 1 saturated carbocycles. The van der Waals surface area contributed by atoms with E-state index in [1.54, 1.807) is 0 Å². The number of halogens is 1. The topological polar surface area (TPSA) is 72.2 Å². The van der Waals surface area contributed by atoms with Crippen LogP contribution in [0, 0.1) is 11.2 Å². The van der Waals surface area contributed by atoms with Crippen LogP contribution in [0.1, 0.15) is 38.2 Å². The lowest BCUT2D eigenvalue weighted by atomic mass is 9.89. The Morgan fingerprint density at radius 3 is 2.60 bits per heavy atom. The van der Waals surface area contributed by atoms with Crippen molar-refractivity contribution in [1.29, 1.82) is 0 Å². The van der Waals surface area contributed by atoms with Crippen molar-refractivity contribution in [2.24, 2.45) is 11.1 Å². The Hall–Kier alpha value is -0.980. The summed E-state index contributed by atoms with van der Waals surface area (Å²) >= 11 is 0. The number of nitrogens with two attached hydrogens (primary N) is 1. The molecule has 2 rings (SSSR count). The van der Waals surface area contributed by atoms with Crippen molar-refractivity contribution < 1.29 is 12.8 Å². The first-order valence-corrected chi connectivity index (χ1v) is 8.33. The highest BCUT2D eigenvalue weighted by Crippen LogP contribution is 2.37. The van der Waals surface area contributed by atoms with Crippen molar-refractivity contribution in [3.63, 3.8) is 0 Å². The maximum Gasteiger partial charge on any atom is 0.240 e. The molecule has 1 aliphatic carbocycles. The van der Waals surface area contributed by atoms with Gasteiger partial charge in [0.2, 0.25) is 10.0 Å². The van der Waals surface area contributed by atoms with Gasteiger partial charge < -0.3 is 5.73 Å². The summed E-state index contributed by atoms with van der Waals surface area (Å²) in [4.78, 5) is 0.0703. The van der Waals surface area contributed by atoms with Crippen LogP contribution in [0.25, 0.3) is 0 Å². The molecule has 0 aromatic heterocycles. The molecule has 0 unspecified atom stereocenters. The van der Waals surface area contributed by atoms with Crippen molar-refractivity contribution in [2.75, 3.05) is 6.54 Å². The monoisotopic (exact) mass is 300 g/mol. The Morgan fingerprint density at radius 2 is 2.00 bits per heavy atom. The zero-order valence-corrected chi connectivity index (χ0v) is 12.5. The van der Waals surface area contributed by atoms with Crippen LogP contribution < -0.4 is 10.5 Å². The number of hydrogen-bond acceptors (Lipinski definition) is 3. The second-order valence-electron chi connectivity index (χ2n) is 5.80. The molecule has 0 bridgehead atoms. The Bertz CT molecular complexity index is 581. The van der Waals surface area contributed by atoms with Gasteiger partial charge in [0, 0.05) is 18.7 Å². The Labute approximate surface area is 119 Å². The van der Waals surface area contributed by atoms with E-state index in [1.165, 1.54) is 12.1 Å². The average molecular weight is 300 g/mol. The summed E-state index contributed by atoms with van der Waals surface area (Å²) in [5.74, 6) is -0.478. The highest BCUT2D eigenvalue weighted by molar-refractivity contribution is 7.89. The van der Waals surface area contributed by atoms with Gasteiger partial charge in [-0.15, -0.1) is 0 Å². The largest absolute Gasteiger partial charge is 0.326 e. The second-order valence-corrected chi connectivity index (χ2v) is 7.57. The molecule has 0 saturated heterocycles. The van der Waals surface area contributed by atoms with Gasteiger partial charge in [-0.1, -0.05) is 19.8 Å². The van der Waals surface area contributed by atoms with Crippen LogP contribution in [0.3, 0.4) is 0 Å². The first kappa shape index (κ1) is 15.4. The van der Waals surface area contributed by atoms with Gasteiger partial charge in [-0.2, -0.15) is 0 Å². The SMILES string of the molecule is CC1(CNS(=O)(=O)c2ccc(F)c(CN)c2)CCCC1. The highest BCUT2D eigenvalue weighted by atomic mass is 32.2. The molecular formula is C14H21FN2O2S. The predicted molar refractivity (Wildman–Crippen MR) is 76.1 cm³/mol. The van der Waals surface area contributed by atoms with Gasteiger partial charge >= 0.3 is 0 Å². The summed E-state index contributed by atoms with van der Waals surface area (Å²) < 4.78 is 40.5. The molecule has 1 fully saturated rings. The molecule has 0 aliphatic heterocycles.